The quantitative estimate of drug-likeness (QED) is 0.142. The van der Waals surface area contributed by atoms with Crippen molar-refractivity contribution in [2.75, 3.05) is 0 Å². The zero-order valence-electron chi connectivity index (χ0n) is 26.1. The van der Waals surface area contributed by atoms with E-state index in [1.54, 1.807) is 18.6 Å². The Labute approximate surface area is 286 Å². The Morgan fingerprint density at radius 1 is 0.490 bits per heavy atom. The van der Waals surface area contributed by atoms with Crippen molar-refractivity contribution in [2.24, 2.45) is 0 Å². The Balaban J connectivity index is 1.31. The topological polar surface area (TPSA) is 53.9 Å². The fourth-order valence-corrected chi connectivity index (χ4v) is 8.11. The second kappa shape index (κ2) is 11.5. The fraction of sp³-hybridized carbons (Fsp3) is 0. The molecule has 3 aromatic heterocycles. The maximum absolute atomic E-state index is 9.41. The highest BCUT2D eigenvalue weighted by atomic mass is 32.1. The van der Waals surface area contributed by atoms with Crippen LogP contribution < -0.4 is 0 Å². The van der Waals surface area contributed by atoms with Gasteiger partial charge < -0.3 is 0 Å². The first-order chi connectivity index (χ1) is 24.2. The lowest BCUT2D eigenvalue weighted by molar-refractivity contribution is 1.30. The average Bonchev–Trinajstić information content (AvgIpc) is 3.54. The molecule has 5 heteroatoms. The van der Waals surface area contributed by atoms with Gasteiger partial charge in [-0.3, -0.25) is 9.97 Å². The Bertz CT molecular complexity index is 2840. The number of hydrogen-bond donors (Lipinski definition) is 0. The van der Waals surface area contributed by atoms with E-state index in [1.807, 2.05) is 29.7 Å². The minimum atomic E-state index is 0.529. The van der Waals surface area contributed by atoms with Gasteiger partial charge in [-0.2, -0.15) is 5.26 Å². The molecule has 0 aliphatic heterocycles. The molecule has 0 amide bonds. The maximum Gasteiger partial charge on any atom is 0.205 e. The number of thiophene rings is 1. The Morgan fingerprint density at radius 2 is 1.04 bits per heavy atom. The molecule has 0 bridgehead atoms. The summed E-state index contributed by atoms with van der Waals surface area (Å²) in [4.78, 5) is 12.1. The van der Waals surface area contributed by atoms with Crippen molar-refractivity contribution < 1.29 is 0 Å². The monoisotopic (exact) mass is 640 g/mol. The van der Waals surface area contributed by atoms with Crippen LogP contribution in [0.15, 0.2) is 146 Å². The molecule has 49 heavy (non-hydrogen) atoms. The summed E-state index contributed by atoms with van der Waals surface area (Å²) in [6.07, 6.45) is 6.79. The second-order valence-corrected chi connectivity index (χ2v) is 13.1. The molecular weight excluding hydrogens is 617 g/mol. The van der Waals surface area contributed by atoms with Crippen molar-refractivity contribution in [3.05, 3.63) is 163 Å². The molecule has 0 unspecified atom stereocenters. The molecule has 3 heterocycles. The minimum absolute atomic E-state index is 0.529. The summed E-state index contributed by atoms with van der Waals surface area (Å²) in [7, 11) is 0. The number of rotatable bonds is 4. The molecule has 0 aliphatic rings. The molecule has 9 rings (SSSR count). The maximum atomic E-state index is 9.41. The molecule has 0 N–H and O–H groups in total. The van der Waals surface area contributed by atoms with E-state index in [1.165, 1.54) is 52.8 Å². The smallest absolute Gasteiger partial charge is 0.205 e. The molecule has 0 fully saturated rings. The summed E-state index contributed by atoms with van der Waals surface area (Å²) < 4.78 is 2.53. The number of hydrogen-bond acceptors (Lipinski definition) is 4. The lowest BCUT2D eigenvalue weighted by atomic mass is 9.85. The molecule has 0 spiro atoms. The predicted octanol–water partition coefficient (Wildman–Crippen LogP) is 12.2. The summed E-state index contributed by atoms with van der Waals surface area (Å²) in [6.45, 7) is 7.42. The van der Waals surface area contributed by atoms with E-state index < -0.39 is 0 Å². The van der Waals surface area contributed by atoms with E-state index in [-0.39, 0.29) is 0 Å². The average molecular weight is 641 g/mol. The van der Waals surface area contributed by atoms with Crippen molar-refractivity contribution in [1.29, 1.82) is 5.26 Å². The van der Waals surface area contributed by atoms with Gasteiger partial charge in [0.05, 0.1) is 12.1 Å². The molecule has 0 saturated carbocycles. The predicted molar refractivity (Wildman–Crippen MR) is 203 cm³/mol. The van der Waals surface area contributed by atoms with Gasteiger partial charge in [0.2, 0.25) is 5.69 Å². The van der Waals surface area contributed by atoms with E-state index in [2.05, 4.69) is 130 Å². The number of aromatic nitrogens is 2. The summed E-state index contributed by atoms with van der Waals surface area (Å²) in [5.74, 6) is 0. The van der Waals surface area contributed by atoms with Crippen LogP contribution in [0.2, 0.25) is 0 Å². The highest BCUT2D eigenvalue weighted by Gasteiger charge is 2.19. The molecule has 226 valence electrons. The van der Waals surface area contributed by atoms with Crippen LogP contribution in [0.1, 0.15) is 5.56 Å². The van der Waals surface area contributed by atoms with Gasteiger partial charge in [0.15, 0.2) is 0 Å². The second-order valence-electron chi connectivity index (χ2n) is 12.1. The third-order valence-electron chi connectivity index (χ3n) is 9.26. The molecule has 0 saturated heterocycles. The summed E-state index contributed by atoms with van der Waals surface area (Å²) in [5, 5.41) is 16.7. The van der Waals surface area contributed by atoms with Crippen LogP contribution in [-0.2, 0) is 0 Å². The van der Waals surface area contributed by atoms with Crippen LogP contribution >= 0.6 is 11.3 Å². The SMILES string of the molecule is [C-]#[N+]c1cncc(-c2ccc(-c3c4ccccc4c(-c4ccc(-c5cncc(C#N)c5)cc4)c4cc5sc6ccccc6c5cc34)cc2)c1. The van der Waals surface area contributed by atoms with E-state index in [4.69, 9.17) is 6.57 Å². The van der Waals surface area contributed by atoms with E-state index in [0.717, 1.165) is 33.4 Å². The van der Waals surface area contributed by atoms with Gasteiger partial charge in [0.25, 0.3) is 0 Å². The molecule has 0 radical (unpaired) electrons. The van der Waals surface area contributed by atoms with Crippen LogP contribution in [0.3, 0.4) is 0 Å². The van der Waals surface area contributed by atoms with Gasteiger partial charge in [0, 0.05) is 50.5 Å². The van der Waals surface area contributed by atoms with E-state index >= 15 is 0 Å². The van der Waals surface area contributed by atoms with Crippen LogP contribution in [0.4, 0.5) is 5.69 Å². The van der Waals surface area contributed by atoms with Crippen molar-refractivity contribution >= 4 is 58.7 Å². The Morgan fingerprint density at radius 3 is 1.67 bits per heavy atom. The molecule has 4 nitrogen and oxygen atoms in total. The van der Waals surface area contributed by atoms with Crippen molar-refractivity contribution in [3.63, 3.8) is 0 Å². The molecule has 0 aliphatic carbocycles. The molecule has 6 aromatic carbocycles. The van der Waals surface area contributed by atoms with Gasteiger partial charge in [0.1, 0.15) is 6.07 Å². The van der Waals surface area contributed by atoms with Gasteiger partial charge in [-0.1, -0.05) is 91.0 Å². The van der Waals surface area contributed by atoms with Crippen LogP contribution in [-0.4, -0.2) is 9.97 Å². The van der Waals surface area contributed by atoms with Crippen LogP contribution in [0, 0.1) is 17.9 Å². The fourth-order valence-electron chi connectivity index (χ4n) is 6.98. The number of nitrogens with zero attached hydrogens (tertiary/aromatic N) is 4. The van der Waals surface area contributed by atoms with Crippen LogP contribution in [0.25, 0.3) is 91.1 Å². The van der Waals surface area contributed by atoms with E-state index in [0.29, 0.717) is 11.3 Å². The summed E-state index contributed by atoms with van der Waals surface area (Å²) in [5.41, 5.74) is 9.61. The zero-order valence-corrected chi connectivity index (χ0v) is 26.9. The van der Waals surface area contributed by atoms with Gasteiger partial charge in [-0.25, -0.2) is 4.85 Å². The largest absolute Gasteiger partial charge is 0.276 e. The van der Waals surface area contributed by atoms with Crippen molar-refractivity contribution in [1.82, 2.24) is 9.97 Å². The zero-order chi connectivity index (χ0) is 32.9. The number of fused-ring (bicyclic) bond motifs is 5. The van der Waals surface area contributed by atoms with Gasteiger partial charge in [-0.05, 0) is 90.8 Å². The normalized spacial score (nSPS) is 11.2. The number of pyridine rings is 2. The first-order valence-corrected chi connectivity index (χ1v) is 16.7. The first kappa shape index (κ1) is 28.6. The summed E-state index contributed by atoms with van der Waals surface area (Å²) in [6, 6.07) is 45.3. The lowest BCUT2D eigenvalue weighted by Gasteiger charge is -2.18. The van der Waals surface area contributed by atoms with Crippen LogP contribution in [0.5, 0.6) is 0 Å². The molecule has 0 atom stereocenters. The molecule has 9 aromatic rings. The van der Waals surface area contributed by atoms with Crippen molar-refractivity contribution in [2.45, 2.75) is 0 Å². The van der Waals surface area contributed by atoms with Gasteiger partial charge >= 0.3 is 0 Å². The minimum Gasteiger partial charge on any atom is -0.276 e. The Hall–Kier alpha value is -6.66. The lowest BCUT2D eigenvalue weighted by Crippen LogP contribution is -1.91. The Kier molecular flexibility index (Phi) is 6.73. The third-order valence-corrected chi connectivity index (χ3v) is 10.4. The molecular formula is C44H24N4S. The van der Waals surface area contributed by atoms with E-state index in [9.17, 15) is 5.26 Å². The standard InChI is InChI=1S/C44H24N4S/c1-46-34-19-33(25-48-26-34)29-12-16-30(17-13-29)43-36-7-2-3-8-37(36)44(31-14-10-28(11-15-31)32-18-27(22-45)23-47-24-32)40-21-42-38(20-39(40)43)35-6-4-5-9-41(35)49-42/h2-21,23-26H. The number of nitriles is 1. The number of benzene rings is 6. The highest BCUT2D eigenvalue weighted by Crippen LogP contribution is 2.47. The highest BCUT2D eigenvalue weighted by molar-refractivity contribution is 7.25. The summed E-state index contributed by atoms with van der Waals surface area (Å²) >= 11 is 1.83. The third kappa shape index (κ3) is 4.81. The first-order valence-electron chi connectivity index (χ1n) is 15.9. The van der Waals surface area contributed by atoms with Crippen molar-refractivity contribution in [3.8, 4) is 50.6 Å². The van der Waals surface area contributed by atoms with Gasteiger partial charge in [-0.15, -0.1) is 11.3 Å².